The van der Waals surface area contributed by atoms with Gasteiger partial charge in [-0.2, -0.15) is 5.26 Å². The number of hydrogen-bond acceptors (Lipinski definition) is 5. The van der Waals surface area contributed by atoms with Gasteiger partial charge in [0.1, 0.15) is 5.75 Å². The average Bonchev–Trinajstić information content (AvgIpc) is 2.65. The topological polar surface area (TPSA) is 70.3 Å². The molecule has 1 aromatic heterocycles. The van der Waals surface area contributed by atoms with Crippen molar-refractivity contribution in [3.05, 3.63) is 28.6 Å². The summed E-state index contributed by atoms with van der Waals surface area (Å²) in [5, 5.41) is 19.0. The Balaban J connectivity index is 2.70. The zero-order chi connectivity index (χ0) is 11.7. The number of ether oxygens (including phenoxy) is 1. The van der Waals surface area contributed by atoms with Gasteiger partial charge in [-0.25, -0.2) is 4.79 Å². The molecule has 1 aromatic carbocycles. The Kier molecular flexibility index (Phi) is 2.50. The third-order valence-electron chi connectivity index (χ3n) is 2.16. The zero-order valence-electron chi connectivity index (χ0n) is 8.35. The fraction of sp³-hybridized carbons (Fsp3) is 0.0909. The van der Waals surface area contributed by atoms with Crippen molar-refractivity contribution in [1.82, 2.24) is 0 Å². The van der Waals surface area contributed by atoms with Gasteiger partial charge in [0.2, 0.25) is 0 Å². The molecule has 1 N–H and O–H groups in total. The van der Waals surface area contributed by atoms with Gasteiger partial charge in [-0.3, -0.25) is 0 Å². The summed E-state index contributed by atoms with van der Waals surface area (Å²) in [6.45, 7) is 0. The molecular formula is C11H7NO3S. The summed E-state index contributed by atoms with van der Waals surface area (Å²) in [4.78, 5) is 11.5. The molecule has 0 aliphatic carbocycles. The number of fused-ring (bicyclic) bond motifs is 1. The molecule has 0 spiro atoms. The molecule has 0 saturated carbocycles. The van der Waals surface area contributed by atoms with E-state index in [-0.39, 0.29) is 10.6 Å². The number of methoxy groups -OCH3 is 1. The van der Waals surface area contributed by atoms with Crippen molar-refractivity contribution in [3.63, 3.8) is 0 Å². The number of hydrogen-bond donors (Lipinski definition) is 1. The molecule has 0 saturated heterocycles. The summed E-state index contributed by atoms with van der Waals surface area (Å²) < 4.78 is 5.30. The van der Waals surface area contributed by atoms with E-state index in [2.05, 4.69) is 4.74 Å². The Labute approximate surface area is 95.3 Å². The molecule has 0 aliphatic heterocycles. The lowest BCUT2D eigenvalue weighted by molar-refractivity contribution is 0.0603. The fourth-order valence-corrected chi connectivity index (χ4v) is 2.38. The number of thiophene rings is 1. The second-order valence-corrected chi connectivity index (χ2v) is 4.15. The number of esters is 1. The highest BCUT2D eigenvalue weighted by atomic mass is 32.1. The molecule has 0 fully saturated rings. The largest absolute Gasteiger partial charge is 0.505 e. The molecule has 0 unspecified atom stereocenters. The number of nitriles is 1. The van der Waals surface area contributed by atoms with E-state index in [4.69, 9.17) is 5.26 Å². The van der Waals surface area contributed by atoms with Crippen molar-refractivity contribution >= 4 is 27.4 Å². The SMILES string of the molecule is COC(=O)c1sc2ccc(C#N)cc2c1O. The Morgan fingerprint density at radius 2 is 2.31 bits per heavy atom. The highest BCUT2D eigenvalue weighted by Gasteiger charge is 2.18. The minimum atomic E-state index is -0.572. The van der Waals surface area contributed by atoms with Gasteiger partial charge in [-0.1, -0.05) is 0 Å². The molecule has 2 rings (SSSR count). The highest BCUT2D eigenvalue weighted by Crippen LogP contribution is 2.37. The predicted octanol–water partition coefficient (Wildman–Crippen LogP) is 2.27. The van der Waals surface area contributed by atoms with Gasteiger partial charge in [0.25, 0.3) is 0 Å². The molecule has 0 amide bonds. The molecule has 0 radical (unpaired) electrons. The quantitative estimate of drug-likeness (QED) is 0.767. The van der Waals surface area contributed by atoms with Crippen LogP contribution in [0.15, 0.2) is 18.2 Å². The van der Waals surface area contributed by atoms with Crippen LogP contribution in [0.1, 0.15) is 15.2 Å². The van der Waals surface area contributed by atoms with Crippen molar-refractivity contribution in [1.29, 1.82) is 5.26 Å². The van der Waals surface area contributed by atoms with E-state index in [0.29, 0.717) is 10.9 Å². The second-order valence-electron chi connectivity index (χ2n) is 3.09. The van der Waals surface area contributed by atoms with Gasteiger partial charge in [0.05, 0.1) is 18.7 Å². The van der Waals surface area contributed by atoms with Gasteiger partial charge < -0.3 is 9.84 Å². The van der Waals surface area contributed by atoms with Crippen molar-refractivity contribution < 1.29 is 14.6 Å². The van der Waals surface area contributed by atoms with Crippen LogP contribution in [0.2, 0.25) is 0 Å². The van der Waals surface area contributed by atoms with Crippen LogP contribution in [-0.4, -0.2) is 18.2 Å². The average molecular weight is 233 g/mol. The number of carbonyl (C=O) groups excluding carboxylic acids is 1. The standard InChI is InChI=1S/C11H7NO3S/c1-15-11(14)10-9(13)7-4-6(5-12)2-3-8(7)16-10/h2-4,13H,1H3. The number of rotatable bonds is 1. The van der Waals surface area contributed by atoms with E-state index >= 15 is 0 Å². The van der Waals surface area contributed by atoms with E-state index in [1.54, 1.807) is 18.2 Å². The van der Waals surface area contributed by atoms with E-state index in [1.807, 2.05) is 6.07 Å². The van der Waals surface area contributed by atoms with Crippen molar-refractivity contribution in [2.24, 2.45) is 0 Å². The minimum absolute atomic E-state index is 0.121. The lowest BCUT2D eigenvalue weighted by Crippen LogP contribution is -1.97. The maximum absolute atomic E-state index is 11.3. The smallest absolute Gasteiger partial charge is 0.351 e. The Hall–Kier alpha value is -2.06. The molecule has 4 nitrogen and oxygen atoms in total. The van der Waals surface area contributed by atoms with Gasteiger partial charge in [0.15, 0.2) is 4.88 Å². The Morgan fingerprint density at radius 3 is 2.94 bits per heavy atom. The highest BCUT2D eigenvalue weighted by molar-refractivity contribution is 7.21. The van der Waals surface area contributed by atoms with Crippen LogP contribution in [-0.2, 0) is 4.74 Å². The van der Waals surface area contributed by atoms with Crippen LogP contribution in [0.25, 0.3) is 10.1 Å². The summed E-state index contributed by atoms with van der Waals surface area (Å²) in [5.41, 5.74) is 0.442. The van der Waals surface area contributed by atoms with Crippen molar-refractivity contribution in [3.8, 4) is 11.8 Å². The first kappa shape index (κ1) is 10.5. The van der Waals surface area contributed by atoms with Crippen LogP contribution < -0.4 is 0 Å². The number of aromatic hydroxyl groups is 1. The minimum Gasteiger partial charge on any atom is -0.505 e. The maximum Gasteiger partial charge on any atom is 0.351 e. The second kappa shape index (κ2) is 3.83. The van der Waals surface area contributed by atoms with Crippen LogP contribution >= 0.6 is 11.3 Å². The molecule has 0 bridgehead atoms. The van der Waals surface area contributed by atoms with Gasteiger partial charge in [-0.05, 0) is 18.2 Å². The first-order valence-corrected chi connectivity index (χ1v) is 5.23. The fourth-order valence-electron chi connectivity index (χ4n) is 1.39. The maximum atomic E-state index is 11.3. The van der Waals surface area contributed by atoms with E-state index in [1.165, 1.54) is 7.11 Å². The normalized spacial score (nSPS) is 10.0. The zero-order valence-corrected chi connectivity index (χ0v) is 9.17. The van der Waals surface area contributed by atoms with Crippen LogP contribution in [0, 0.1) is 11.3 Å². The van der Waals surface area contributed by atoms with Crippen molar-refractivity contribution in [2.75, 3.05) is 7.11 Å². The summed E-state index contributed by atoms with van der Waals surface area (Å²) in [6.07, 6.45) is 0. The Morgan fingerprint density at radius 1 is 1.56 bits per heavy atom. The van der Waals surface area contributed by atoms with Crippen LogP contribution in [0.3, 0.4) is 0 Å². The monoisotopic (exact) mass is 233 g/mol. The molecule has 0 atom stereocenters. The summed E-state index contributed by atoms with van der Waals surface area (Å²) >= 11 is 1.14. The lowest BCUT2D eigenvalue weighted by atomic mass is 10.1. The number of nitrogens with zero attached hydrogens (tertiary/aromatic N) is 1. The van der Waals surface area contributed by atoms with Crippen molar-refractivity contribution in [2.45, 2.75) is 0 Å². The van der Waals surface area contributed by atoms with Crippen LogP contribution in [0.5, 0.6) is 5.75 Å². The molecule has 0 aliphatic rings. The predicted molar refractivity (Wildman–Crippen MR) is 59.5 cm³/mol. The molecule has 2 aromatic rings. The summed E-state index contributed by atoms with van der Waals surface area (Å²) in [7, 11) is 1.26. The van der Waals surface area contributed by atoms with E-state index < -0.39 is 5.97 Å². The van der Waals surface area contributed by atoms with Gasteiger partial charge in [-0.15, -0.1) is 11.3 Å². The van der Waals surface area contributed by atoms with E-state index in [9.17, 15) is 9.90 Å². The molecule has 80 valence electrons. The molecule has 5 heteroatoms. The third kappa shape index (κ3) is 1.49. The molecule has 1 heterocycles. The molecule has 16 heavy (non-hydrogen) atoms. The number of carbonyl (C=O) groups is 1. The lowest BCUT2D eigenvalue weighted by Gasteiger charge is -1.94. The van der Waals surface area contributed by atoms with Gasteiger partial charge >= 0.3 is 5.97 Å². The number of benzene rings is 1. The summed E-state index contributed by atoms with van der Waals surface area (Å²) in [5.74, 6) is -0.693. The third-order valence-corrected chi connectivity index (χ3v) is 3.30. The first-order valence-electron chi connectivity index (χ1n) is 4.41. The van der Waals surface area contributed by atoms with Crippen LogP contribution in [0.4, 0.5) is 0 Å². The van der Waals surface area contributed by atoms with Gasteiger partial charge in [0, 0.05) is 10.1 Å². The van der Waals surface area contributed by atoms with E-state index in [0.717, 1.165) is 16.0 Å². The first-order chi connectivity index (χ1) is 7.67. The Bertz CT molecular complexity index is 609. The summed E-state index contributed by atoms with van der Waals surface area (Å²) in [6, 6.07) is 6.86. The molecular weight excluding hydrogens is 226 g/mol.